The van der Waals surface area contributed by atoms with E-state index in [0.717, 1.165) is 27.6 Å². The molecule has 0 unspecified atom stereocenters. The molecule has 0 saturated heterocycles. The van der Waals surface area contributed by atoms with E-state index >= 15 is 0 Å². The molecule has 0 bridgehead atoms. The number of allylic oxidation sites excluding steroid dienone is 1. The minimum atomic E-state index is -0.552. The summed E-state index contributed by atoms with van der Waals surface area (Å²) >= 11 is 0. The largest absolute Gasteiger partial charge is 0.468 e. The molecular formula is C26H24N2O3. The van der Waals surface area contributed by atoms with Crippen LogP contribution < -0.4 is 5.32 Å². The van der Waals surface area contributed by atoms with Crippen molar-refractivity contribution in [3.05, 3.63) is 83.3 Å². The number of benzene rings is 2. The van der Waals surface area contributed by atoms with Gasteiger partial charge < -0.3 is 10.1 Å². The van der Waals surface area contributed by atoms with Gasteiger partial charge in [-0.15, -0.1) is 0 Å². The van der Waals surface area contributed by atoms with E-state index in [1.54, 1.807) is 6.20 Å². The summed E-state index contributed by atoms with van der Waals surface area (Å²) < 4.78 is 5.17. The molecule has 2 aromatic carbocycles. The Hall–Kier alpha value is -3.47. The Morgan fingerprint density at radius 3 is 2.68 bits per heavy atom. The van der Waals surface area contributed by atoms with Crippen LogP contribution >= 0.6 is 0 Å². The quantitative estimate of drug-likeness (QED) is 0.611. The first kappa shape index (κ1) is 19.5. The van der Waals surface area contributed by atoms with Crippen LogP contribution in [0.2, 0.25) is 0 Å². The fourth-order valence-electron chi connectivity index (χ4n) is 5.20. The Morgan fingerprint density at radius 2 is 1.94 bits per heavy atom. The van der Waals surface area contributed by atoms with Crippen LogP contribution in [0.1, 0.15) is 37.3 Å². The van der Waals surface area contributed by atoms with Crippen molar-refractivity contribution in [2.45, 2.75) is 26.2 Å². The van der Waals surface area contributed by atoms with Gasteiger partial charge >= 0.3 is 5.97 Å². The highest BCUT2D eigenvalue weighted by Crippen LogP contribution is 2.53. The highest BCUT2D eigenvalue weighted by Gasteiger charge is 2.50. The first-order valence-electron chi connectivity index (χ1n) is 10.5. The van der Waals surface area contributed by atoms with Crippen LogP contribution in [0.3, 0.4) is 0 Å². The van der Waals surface area contributed by atoms with Gasteiger partial charge in [0.1, 0.15) is 5.92 Å². The van der Waals surface area contributed by atoms with Crippen molar-refractivity contribution in [3.63, 3.8) is 0 Å². The molecule has 1 aliphatic heterocycles. The predicted octanol–water partition coefficient (Wildman–Crippen LogP) is 4.83. The number of carbonyl (C=O) groups excluding carboxylic acids is 2. The molecule has 1 aliphatic carbocycles. The lowest BCUT2D eigenvalue weighted by Crippen LogP contribution is -2.44. The molecule has 0 amide bonds. The number of Topliss-reactive ketones (excluding diaryl/α,β-unsaturated/α-hetero) is 1. The molecule has 0 saturated carbocycles. The average molecular weight is 412 g/mol. The van der Waals surface area contributed by atoms with Crippen LogP contribution in [0.4, 0.5) is 5.69 Å². The fraction of sp³-hybridized carbons (Fsp3) is 0.269. The molecular weight excluding hydrogens is 388 g/mol. The maximum absolute atomic E-state index is 13.6. The number of nitrogens with zero attached hydrogens (tertiary/aromatic N) is 1. The summed E-state index contributed by atoms with van der Waals surface area (Å²) in [5.74, 6) is -1.13. The maximum Gasteiger partial charge on any atom is 0.315 e. The summed E-state index contributed by atoms with van der Waals surface area (Å²) in [6.45, 7) is 3.90. The molecule has 5 nitrogen and oxygen atoms in total. The normalized spacial score (nSPS) is 21.8. The van der Waals surface area contributed by atoms with Crippen molar-refractivity contribution in [1.29, 1.82) is 0 Å². The van der Waals surface area contributed by atoms with Crippen molar-refractivity contribution < 1.29 is 14.3 Å². The number of hydrogen-bond acceptors (Lipinski definition) is 5. The summed E-state index contributed by atoms with van der Waals surface area (Å²) in [6.07, 6.45) is 3.82. The van der Waals surface area contributed by atoms with Crippen LogP contribution in [0.25, 0.3) is 10.8 Å². The zero-order chi connectivity index (χ0) is 21.8. The second-order valence-electron chi connectivity index (χ2n) is 8.96. The molecule has 5 rings (SSSR count). The second kappa shape index (κ2) is 7.05. The molecule has 2 aliphatic rings. The summed E-state index contributed by atoms with van der Waals surface area (Å²) in [5, 5.41) is 5.67. The van der Waals surface area contributed by atoms with Gasteiger partial charge in [0.15, 0.2) is 5.78 Å². The van der Waals surface area contributed by atoms with E-state index in [-0.39, 0.29) is 24.1 Å². The van der Waals surface area contributed by atoms with Crippen molar-refractivity contribution in [1.82, 2.24) is 4.98 Å². The van der Waals surface area contributed by atoms with Crippen LogP contribution in [-0.2, 0) is 14.3 Å². The van der Waals surface area contributed by atoms with Gasteiger partial charge in [-0.2, -0.15) is 0 Å². The lowest BCUT2D eigenvalue weighted by Gasteiger charge is -2.44. The van der Waals surface area contributed by atoms with E-state index in [2.05, 4.69) is 28.5 Å². The van der Waals surface area contributed by atoms with Crippen LogP contribution in [0.5, 0.6) is 0 Å². The average Bonchev–Trinajstić information content (AvgIpc) is 2.77. The number of hydrogen-bond donors (Lipinski definition) is 1. The Balaban J connectivity index is 1.85. The third kappa shape index (κ3) is 2.95. The smallest absolute Gasteiger partial charge is 0.315 e. The van der Waals surface area contributed by atoms with E-state index in [1.807, 2.05) is 50.4 Å². The van der Waals surface area contributed by atoms with Gasteiger partial charge in [0, 0.05) is 41.7 Å². The van der Waals surface area contributed by atoms with Gasteiger partial charge in [0.25, 0.3) is 0 Å². The van der Waals surface area contributed by atoms with Crippen LogP contribution in [0, 0.1) is 11.3 Å². The molecule has 156 valence electrons. The monoisotopic (exact) mass is 412 g/mol. The van der Waals surface area contributed by atoms with E-state index in [4.69, 9.17) is 4.74 Å². The predicted molar refractivity (Wildman–Crippen MR) is 120 cm³/mol. The van der Waals surface area contributed by atoms with E-state index in [0.29, 0.717) is 11.3 Å². The number of pyridine rings is 1. The number of anilines is 1. The van der Waals surface area contributed by atoms with Gasteiger partial charge in [0.2, 0.25) is 0 Å². The fourth-order valence-corrected chi connectivity index (χ4v) is 5.20. The van der Waals surface area contributed by atoms with Crippen molar-refractivity contribution in [2.24, 2.45) is 11.3 Å². The maximum atomic E-state index is 13.6. The molecule has 31 heavy (non-hydrogen) atoms. The standard InChI is InChI=1S/C26H24N2O3/c1-26(2)13-19(29)22-20(16-8-6-12-27-14-16)21-17-9-5-4-7-15(17)10-11-18(21)28-24(22)23(26)25(30)31-3/h4-12,14,20,23,28H,13H2,1-3H3/t20-,23-/m0/s1. The molecule has 5 heteroatoms. The third-order valence-electron chi connectivity index (χ3n) is 6.55. The number of aromatic nitrogens is 1. The molecule has 2 atom stereocenters. The number of nitrogens with one attached hydrogen (secondary N) is 1. The van der Waals surface area contributed by atoms with Crippen molar-refractivity contribution in [2.75, 3.05) is 12.4 Å². The molecule has 2 heterocycles. The summed E-state index contributed by atoms with van der Waals surface area (Å²) in [7, 11) is 1.40. The molecule has 1 aromatic heterocycles. The second-order valence-corrected chi connectivity index (χ2v) is 8.96. The van der Waals surface area contributed by atoms with E-state index in [1.165, 1.54) is 7.11 Å². The zero-order valence-electron chi connectivity index (χ0n) is 17.8. The van der Waals surface area contributed by atoms with Crippen molar-refractivity contribution in [3.8, 4) is 0 Å². The van der Waals surface area contributed by atoms with Gasteiger partial charge in [-0.3, -0.25) is 14.6 Å². The Kier molecular flexibility index (Phi) is 4.43. The first-order chi connectivity index (χ1) is 14.9. The third-order valence-corrected chi connectivity index (χ3v) is 6.55. The number of rotatable bonds is 2. The molecule has 0 spiro atoms. The van der Waals surface area contributed by atoms with Crippen LogP contribution in [0.15, 0.2) is 72.2 Å². The van der Waals surface area contributed by atoms with Crippen LogP contribution in [-0.4, -0.2) is 23.8 Å². The number of carbonyl (C=O) groups is 2. The highest BCUT2D eigenvalue weighted by molar-refractivity contribution is 6.06. The topological polar surface area (TPSA) is 68.3 Å². The summed E-state index contributed by atoms with van der Waals surface area (Å²) in [5.41, 5.74) is 3.64. The van der Waals surface area contributed by atoms with E-state index in [9.17, 15) is 9.59 Å². The lowest BCUT2D eigenvalue weighted by molar-refractivity contribution is -0.148. The van der Waals surface area contributed by atoms with Gasteiger partial charge in [-0.25, -0.2) is 0 Å². The Morgan fingerprint density at radius 1 is 1.13 bits per heavy atom. The molecule has 3 aromatic rings. The Bertz CT molecular complexity index is 1240. The summed E-state index contributed by atoms with van der Waals surface area (Å²) in [6, 6.07) is 16.2. The highest BCUT2D eigenvalue weighted by atomic mass is 16.5. The Labute approximate surface area is 181 Å². The number of ether oxygens (including phenoxy) is 1. The van der Waals surface area contributed by atoms with Gasteiger partial charge in [-0.1, -0.05) is 50.2 Å². The number of methoxy groups -OCH3 is 1. The molecule has 0 radical (unpaired) electrons. The van der Waals surface area contributed by atoms with E-state index < -0.39 is 11.3 Å². The van der Waals surface area contributed by atoms with Gasteiger partial charge in [-0.05, 0) is 39.4 Å². The lowest BCUT2D eigenvalue weighted by atomic mass is 9.63. The summed E-state index contributed by atoms with van der Waals surface area (Å²) in [4.78, 5) is 30.8. The first-order valence-corrected chi connectivity index (χ1v) is 10.5. The van der Waals surface area contributed by atoms with Gasteiger partial charge in [0.05, 0.1) is 7.11 Å². The SMILES string of the molecule is COC(=O)[C@@H]1C2=C(C(=O)CC1(C)C)[C@@H](c1cccnc1)c1c(ccc3ccccc13)N2. The molecule has 1 N–H and O–H groups in total. The minimum Gasteiger partial charge on any atom is -0.468 e. The number of ketones is 1. The van der Waals surface area contributed by atoms with Crippen molar-refractivity contribution >= 4 is 28.2 Å². The zero-order valence-corrected chi connectivity index (χ0v) is 17.8. The number of fused-ring (bicyclic) bond motifs is 3. The molecule has 0 fully saturated rings. The minimum absolute atomic E-state index is 0.0556. The number of esters is 1.